The molecule has 158 valence electrons. The second-order valence-electron chi connectivity index (χ2n) is 7.63. The second kappa shape index (κ2) is 8.34. The van der Waals surface area contributed by atoms with E-state index in [1.807, 2.05) is 36.4 Å². The number of hydrogen-bond donors (Lipinski definition) is 0. The molecule has 4 aromatic carbocycles. The molecule has 0 spiro atoms. The Kier molecular flexibility index (Phi) is 5.18. The summed E-state index contributed by atoms with van der Waals surface area (Å²) in [5.41, 5.74) is 4.05. The van der Waals surface area contributed by atoms with E-state index in [1.165, 1.54) is 20.2 Å². The van der Waals surface area contributed by atoms with Gasteiger partial charge in [-0.15, -0.1) is 11.3 Å². The number of hydrogen-bond acceptors (Lipinski definition) is 4. The van der Waals surface area contributed by atoms with Crippen molar-refractivity contribution in [1.82, 2.24) is 15.0 Å². The number of rotatable bonds is 3. The first-order chi connectivity index (χ1) is 16.2. The average molecular weight is 529 g/mol. The van der Waals surface area contributed by atoms with Gasteiger partial charge in [-0.3, -0.25) is 0 Å². The Morgan fingerprint density at radius 2 is 1.30 bits per heavy atom. The summed E-state index contributed by atoms with van der Waals surface area (Å²) in [4.78, 5) is 13.6. The van der Waals surface area contributed by atoms with Gasteiger partial charge in [-0.1, -0.05) is 72.8 Å². The van der Waals surface area contributed by atoms with Crippen molar-refractivity contribution in [3.05, 3.63) is 101 Å². The number of benzene rings is 4. The summed E-state index contributed by atoms with van der Waals surface area (Å²) >= 11 is 11.8. The Labute approximate surface area is 207 Å². The maximum Gasteiger partial charge on any atom is 0.226 e. The van der Waals surface area contributed by atoms with Crippen molar-refractivity contribution in [3.63, 3.8) is 0 Å². The van der Waals surface area contributed by atoms with Crippen LogP contribution in [0.4, 0.5) is 0 Å². The van der Waals surface area contributed by atoms with Crippen LogP contribution in [-0.4, -0.2) is 15.0 Å². The molecule has 0 saturated heterocycles. The molecule has 33 heavy (non-hydrogen) atoms. The Morgan fingerprint density at radius 3 is 2.12 bits per heavy atom. The van der Waals surface area contributed by atoms with Crippen LogP contribution in [0.15, 0.2) is 95.5 Å². The quantitative estimate of drug-likeness (QED) is 0.231. The van der Waals surface area contributed by atoms with Gasteiger partial charge in [-0.25, -0.2) is 4.98 Å². The van der Waals surface area contributed by atoms with Crippen LogP contribution in [0.25, 0.3) is 54.1 Å². The lowest BCUT2D eigenvalue weighted by atomic mass is 10.0. The molecule has 3 nitrogen and oxygen atoms in total. The number of nitrogens with zero attached hydrogens (tertiary/aromatic N) is 3. The van der Waals surface area contributed by atoms with Crippen LogP contribution in [0.5, 0.6) is 0 Å². The number of aromatic nitrogens is 3. The van der Waals surface area contributed by atoms with E-state index in [1.54, 1.807) is 11.3 Å². The van der Waals surface area contributed by atoms with E-state index in [2.05, 4.69) is 80.5 Å². The van der Waals surface area contributed by atoms with Gasteiger partial charge >= 0.3 is 0 Å². The zero-order valence-corrected chi connectivity index (χ0v) is 20.3. The molecule has 0 N–H and O–H groups in total. The minimum absolute atomic E-state index is 0.180. The highest BCUT2D eigenvalue weighted by molar-refractivity contribution is 9.10. The molecule has 0 amide bonds. The third-order valence-electron chi connectivity index (χ3n) is 5.55. The summed E-state index contributed by atoms with van der Waals surface area (Å²) in [5.74, 6) is 1.12. The SMILES string of the molecule is Clc1nc(-c2cccc(-c3ccccc3)c2)nc(-c2ccc3c(c2)sc2c(Br)cccc23)n1. The molecule has 0 radical (unpaired) electrons. The summed E-state index contributed by atoms with van der Waals surface area (Å²) < 4.78 is 3.52. The highest BCUT2D eigenvalue weighted by Crippen LogP contribution is 2.39. The van der Waals surface area contributed by atoms with Crippen molar-refractivity contribution >= 4 is 59.0 Å². The van der Waals surface area contributed by atoms with Crippen LogP contribution in [0.2, 0.25) is 5.28 Å². The molecule has 6 aromatic rings. The molecule has 0 saturated carbocycles. The van der Waals surface area contributed by atoms with Gasteiger partial charge in [0.05, 0.1) is 0 Å². The largest absolute Gasteiger partial charge is 0.226 e. The van der Waals surface area contributed by atoms with Crippen LogP contribution in [-0.2, 0) is 0 Å². The lowest BCUT2D eigenvalue weighted by molar-refractivity contribution is 1.07. The minimum atomic E-state index is 0.180. The van der Waals surface area contributed by atoms with Crippen molar-refractivity contribution in [2.45, 2.75) is 0 Å². The van der Waals surface area contributed by atoms with Gasteiger partial charge in [-0.2, -0.15) is 9.97 Å². The third kappa shape index (κ3) is 3.82. The Balaban J connectivity index is 1.45. The lowest BCUT2D eigenvalue weighted by Gasteiger charge is -2.07. The highest BCUT2D eigenvalue weighted by Gasteiger charge is 2.13. The fourth-order valence-corrected chi connectivity index (χ4v) is 5.90. The van der Waals surface area contributed by atoms with Crippen LogP contribution < -0.4 is 0 Å². The topological polar surface area (TPSA) is 38.7 Å². The van der Waals surface area contributed by atoms with Crippen LogP contribution in [0, 0.1) is 0 Å². The standard InChI is InChI=1S/C27H15BrClN3S/c28-22-11-5-10-21-20-13-12-19(15-23(20)33-24(21)22)26-30-25(31-27(29)32-26)18-9-4-8-17(14-18)16-6-2-1-3-7-16/h1-15H. The van der Waals surface area contributed by atoms with E-state index in [-0.39, 0.29) is 5.28 Å². The van der Waals surface area contributed by atoms with E-state index < -0.39 is 0 Å². The molecular weight excluding hydrogens is 514 g/mol. The van der Waals surface area contributed by atoms with Gasteiger partial charge in [0.1, 0.15) is 0 Å². The predicted octanol–water partition coefficient (Wildman–Crippen LogP) is 8.66. The normalized spacial score (nSPS) is 11.3. The van der Waals surface area contributed by atoms with Gasteiger partial charge in [0.25, 0.3) is 0 Å². The average Bonchev–Trinajstić information content (AvgIpc) is 3.24. The summed E-state index contributed by atoms with van der Waals surface area (Å²) in [6.45, 7) is 0. The van der Waals surface area contributed by atoms with Gasteiger partial charge in [0.2, 0.25) is 5.28 Å². The summed E-state index contributed by atoms with van der Waals surface area (Å²) in [6.07, 6.45) is 0. The molecule has 0 aliphatic rings. The maximum atomic E-state index is 6.34. The smallest absolute Gasteiger partial charge is 0.208 e. The molecule has 0 aliphatic heterocycles. The summed E-state index contributed by atoms with van der Waals surface area (Å²) in [6, 6.07) is 31.0. The molecule has 6 rings (SSSR count). The number of fused-ring (bicyclic) bond motifs is 3. The Morgan fingerprint density at radius 1 is 0.606 bits per heavy atom. The molecular formula is C27H15BrClN3S. The maximum absolute atomic E-state index is 6.34. The summed E-state index contributed by atoms with van der Waals surface area (Å²) in [7, 11) is 0. The van der Waals surface area contributed by atoms with Gasteiger partial charge in [0.15, 0.2) is 11.6 Å². The van der Waals surface area contributed by atoms with Crippen molar-refractivity contribution < 1.29 is 0 Å². The highest BCUT2D eigenvalue weighted by atomic mass is 79.9. The van der Waals surface area contributed by atoms with Crippen molar-refractivity contribution in [2.24, 2.45) is 0 Å². The second-order valence-corrected chi connectivity index (χ2v) is 9.87. The van der Waals surface area contributed by atoms with E-state index in [9.17, 15) is 0 Å². The molecule has 0 bridgehead atoms. The minimum Gasteiger partial charge on any atom is -0.208 e. The third-order valence-corrected chi connectivity index (χ3v) is 7.84. The molecule has 0 atom stereocenters. The zero-order chi connectivity index (χ0) is 22.4. The first-order valence-electron chi connectivity index (χ1n) is 10.3. The van der Waals surface area contributed by atoms with Crippen LogP contribution >= 0.6 is 38.9 Å². The lowest BCUT2D eigenvalue weighted by Crippen LogP contribution is -1.97. The van der Waals surface area contributed by atoms with Crippen LogP contribution in [0.1, 0.15) is 0 Å². The van der Waals surface area contributed by atoms with Crippen molar-refractivity contribution in [3.8, 4) is 33.9 Å². The monoisotopic (exact) mass is 527 g/mol. The molecule has 0 unspecified atom stereocenters. The van der Waals surface area contributed by atoms with Crippen molar-refractivity contribution in [1.29, 1.82) is 0 Å². The molecule has 0 fully saturated rings. The Hall–Kier alpha value is -3.12. The number of thiophene rings is 1. The Bertz CT molecular complexity index is 1650. The first-order valence-corrected chi connectivity index (χ1v) is 12.3. The van der Waals surface area contributed by atoms with E-state index in [0.717, 1.165) is 26.7 Å². The van der Waals surface area contributed by atoms with E-state index in [0.29, 0.717) is 11.6 Å². The summed E-state index contributed by atoms with van der Waals surface area (Å²) in [5, 5.41) is 2.64. The zero-order valence-electron chi connectivity index (χ0n) is 17.2. The van der Waals surface area contributed by atoms with Gasteiger partial charge in [0, 0.05) is 35.8 Å². The molecule has 2 aromatic heterocycles. The van der Waals surface area contributed by atoms with Crippen LogP contribution in [0.3, 0.4) is 0 Å². The van der Waals surface area contributed by atoms with Crippen molar-refractivity contribution in [2.75, 3.05) is 0 Å². The fraction of sp³-hybridized carbons (Fsp3) is 0. The van der Waals surface area contributed by atoms with Gasteiger partial charge < -0.3 is 0 Å². The number of halogens is 2. The van der Waals surface area contributed by atoms with E-state index >= 15 is 0 Å². The van der Waals surface area contributed by atoms with E-state index in [4.69, 9.17) is 16.6 Å². The predicted molar refractivity (Wildman–Crippen MR) is 142 cm³/mol. The fourth-order valence-electron chi connectivity index (χ4n) is 3.98. The molecule has 2 heterocycles. The first kappa shape index (κ1) is 20.5. The molecule has 0 aliphatic carbocycles. The van der Waals surface area contributed by atoms with Gasteiger partial charge in [-0.05, 0) is 56.9 Å². The molecule has 6 heteroatoms.